The molecule has 3 heterocycles. The number of aromatic nitrogens is 2. The molecule has 0 spiro atoms. The van der Waals surface area contributed by atoms with E-state index in [0.29, 0.717) is 23.2 Å². The molecule has 0 atom stereocenters. The van der Waals surface area contributed by atoms with Crippen LogP contribution in [0.15, 0.2) is 28.1 Å². The molecule has 0 fully saturated rings. The molecule has 0 saturated carbocycles. The van der Waals surface area contributed by atoms with Crippen LogP contribution in [0.1, 0.15) is 29.4 Å². The average molecular weight is 288 g/mol. The van der Waals surface area contributed by atoms with Gasteiger partial charge in [0.2, 0.25) is 0 Å². The van der Waals surface area contributed by atoms with Crippen molar-refractivity contribution in [3.05, 3.63) is 34.8 Å². The molecule has 20 heavy (non-hydrogen) atoms. The van der Waals surface area contributed by atoms with Crippen LogP contribution >= 0.6 is 11.3 Å². The van der Waals surface area contributed by atoms with Gasteiger partial charge in [-0.05, 0) is 23.9 Å². The zero-order valence-electron chi connectivity index (χ0n) is 10.8. The summed E-state index contributed by atoms with van der Waals surface area (Å²) in [4.78, 5) is 16.8. The molecule has 0 bridgehead atoms. The second-order valence-electron chi connectivity index (χ2n) is 4.40. The standard InChI is InChI=1S/C14H12N2O3S/c1-2-4-9-12-8(14(17)18)7-10(11-5-3-6-20-11)15-13(12)19-16-9/h3,5-7H,2,4H2,1H3,(H,17,18). The van der Waals surface area contributed by atoms with Crippen LogP contribution in [0.4, 0.5) is 0 Å². The van der Waals surface area contributed by atoms with Gasteiger partial charge in [-0.25, -0.2) is 9.78 Å². The third kappa shape index (κ3) is 2.08. The Morgan fingerprint density at radius 3 is 3.00 bits per heavy atom. The van der Waals surface area contributed by atoms with E-state index < -0.39 is 5.97 Å². The molecule has 0 amide bonds. The van der Waals surface area contributed by atoms with E-state index in [4.69, 9.17) is 4.52 Å². The zero-order chi connectivity index (χ0) is 14.1. The quantitative estimate of drug-likeness (QED) is 0.793. The molecule has 0 aliphatic heterocycles. The van der Waals surface area contributed by atoms with Crippen LogP contribution in [0.3, 0.4) is 0 Å². The summed E-state index contributed by atoms with van der Waals surface area (Å²) in [5.41, 5.74) is 1.74. The molecule has 0 aromatic carbocycles. The second-order valence-corrected chi connectivity index (χ2v) is 5.34. The van der Waals surface area contributed by atoms with Gasteiger partial charge in [0.05, 0.1) is 27.2 Å². The number of aromatic carboxylic acids is 1. The highest BCUT2D eigenvalue weighted by molar-refractivity contribution is 7.13. The summed E-state index contributed by atoms with van der Waals surface area (Å²) in [7, 11) is 0. The van der Waals surface area contributed by atoms with Gasteiger partial charge >= 0.3 is 5.97 Å². The fraction of sp³-hybridized carbons (Fsp3) is 0.214. The topological polar surface area (TPSA) is 76.2 Å². The van der Waals surface area contributed by atoms with Gasteiger partial charge in [0.25, 0.3) is 5.71 Å². The summed E-state index contributed by atoms with van der Waals surface area (Å²) in [5, 5.41) is 15.8. The predicted molar refractivity (Wildman–Crippen MR) is 76.1 cm³/mol. The second kappa shape index (κ2) is 5.05. The Morgan fingerprint density at radius 1 is 1.50 bits per heavy atom. The van der Waals surface area contributed by atoms with E-state index >= 15 is 0 Å². The number of carbonyl (C=O) groups is 1. The van der Waals surface area contributed by atoms with Gasteiger partial charge in [-0.1, -0.05) is 24.6 Å². The summed E-state index contributed by atoms with van der Waals surface area (Å²) >= 11 is 1.50. The highest BCUT2D eigenvalue weighted by Gasteiger charge is 2.20. The highest BCUT2D eigenvalue weighted by Crippen LogP contribution is 2.29. The van der Waals surface area contributed by atoms with Crippen LogP contribution < -0.4 is 0 Å². The first-order chi connectivity index (χ1) is 9.70. The van der Waals surface area contributed by atoms with E-state index in [9.17, 15) is 9.90 Å². The molecule has 3 aromatic rings. The molecule has 1 N–H and O–H groups in total. The van der Waals surface area contributed by atoms with E-state index in [2.05, 4.69) is 10.1 Å². The van der Waals surface area contributed by atoms with Gasteiger partial charge in [-0.3, -0.25) is 0 Å². The van der Waals surface area contributed by atoms with Gasteiger partial charge in [-0.2, -0.15) is 0 Å². The Kier molecular flexibility index (Phi) is 3.23. The summed E-state index contributed by atoms with van der Waals surface area (Å²) < 4.78 is 5.21. The first-order valence-electron chi connectivity index (χ1n) is 6.27. The summed E-state index contributed by atoms with van der Waals surface area (Å²) in [5.74, 6) is -0.990. The maximum absolute atomic E-state index is 11.5. The van der Waals surface area contributed by atoms with Crippen molar-refractivity contribution in [3.63, 3.8) is 0 Å². The van der Waals surface area contributed by atoms with Crippen LogP contribution in [-0.2, 0) is 6.42 Å². The fourth-order valence-corrected chi connectivity index (χ4v) is 2.82. The number of carboxylic acids is 1. The Balaban J connectivity index is 2.26. The van der Waals surface area contributed by atoms with Crippen molar-refractivity contribution >= 4 is 28.4 Å². The van der Waals surface area contributed by atoms with Gasteiger partial charge in [0.1, 0.15) is 0 Å². The van der Waals surface area contributed by atoms with Crippen molar-refractivity contribution in [2.45, 2.75) is 19.8 Å². The van der Waals surface area contributed by atoms with Crippen molar-refractivity contribution in [2.75, 3.05) is 0 Å². The summed E-state index contributed by atoms with van der Waals surface area (Å²) in [6.07, 6.45) is 1.54. The molecule has 5 nitrogen and oxygen atoms in total. The fourth-order valence-electron chi connectivity index (χ4n) is 2.14. The van der Waals surface area contributed by atoms with E-state index in [0.717, 1.165) is 11.3 Å². The van der Waals surface area contributed by atoms with E-state index in [1.807, 2.05) is 24.4 Å². The monoisotopic (exact) mass is 288 g/mol. The number of fused-ring (bicyclic) bond motifs is 1. The maximum Gasteiger partial charge on any atom is 0.336 e. The normalized spacial score (nSPS) is 11.1. The molecule has 3 rings (SSSR count). The molecule has 0 radical (unpaired) electrons. The van der Waals surface area contributed by atoms with Gasteiger partial charge < -0.3 is 9.63 Å². The Morgan fingerprint density at radius 2 is 2.35 bits per heavy atom. The Hall–Kier alpha value is -2.21. The molecule has 3 aromatic heterocycles. The molecule has 0 saturated heterocycles. The van der Waals surface area contributed by atoms with E-state index in [1.54, 1.807) is 6.07 Å². The minimum Gasteiger partial charge on any atom is -0.478 e. The van der Waals surface area contributed by atoms with Crippen LogP contribution in [0.25, 0.3) is 21.7 Å². The van der Waals surface area contributed by atoms with Crippen LogP contribution in [-0.4, -0.2) is 21.2 Å². The minimum atomic E-state index is -0.990. The predicted octanol–water partition coefficient (Wildman–Crippen LogP) is 3.60. The van der Waals surface area contributed by atoms with Crippen LogP contribution in [0.5, 0.6) is 0 Å². The number of pyridine rings is 1. The first kappa shape index (κ1) is 12.8. The Labute approximate surface area is 118 Å². The van der Waals surface area contributed by atoms with Crippen molar-refractivity contribution in [3.8, 4) is 10.6 Å². The zero-order valence-corrected chi connectivity index (χ0v) is 11.6. The van der Waals surface area contributed by atoms with Gasteiger partial charge in [-0.15, -0.1) is 11.3 Å². The third-order valence-electron chi connectivity index (χ3n) is 3.01. The Bertz CT molecular complexity index is 762. The molecular weight excluding hydrogens is 276 g/mol. The number of nitrogens with zero attached hydrogens (tertiary/aromatic N) is 2. The number of rotatable bonds is 4. The smallest absolute Gasteiger partial charge is 0.336 e. The lowest BCUT2D eigenvalue weighted by Crippen LogP contribution is -2.00. The van der Waals surface area contributed by atoms with E-state index in [1.165, 1.54) is 11.3 Å². The van der Waals surface area contributed by atoms with Crippen LogP contribution in [0, 0.1) is 0 Å². The third-order valence-corrected chi connectivity index (χ3v) is 3.90. The van der Waals surface area contributed by atoms with Crippen LogP contribution in [0.2, 0.25) is 0 Å². The van der Waals surface area contributed by atoms with Crippen molar-refractivity contribution in [1.82, 2.24) is 10.1 Å². The molecule has 102 valence electrons. The lowest BCUT2D eigenvalue weighted by atomic mass is 10.1. The van der Waals surface area contributed by atoms with Crippen molar-refractivity contribution in [1.29, 1.82) is 0 Å². The largest absolute Gasteiger partial charge is 0.478 e. The number of aryl methyl sites for hydroxylation is 1. The first-order valence-corrected chi connectivity index (χ1v) is 7.15. The molecule has 0 unspecified atom stereocenters. The number of thiophene rings is 1. The number of hydrogen-bond donors (Lipinski definition) is 1. The number of carboxylic acid groups (broad SMARTS) is 1. The molecule has 6 heteroatoms. The summed E-state index contributed by atoms with van der Waals surface area (Å²) in [6.45, 7) is 2.01. The molecular formula is C14H12N2O3S. The lowest BCUT2D eigenvalue weighted by Gasteiger charge is -2.02. The minimum absolute atomic E-state index is 0.197. The summed E-state index contributed by atoms with van der Waals surface area (Å²) in [6, 6.07) is 5.38. The van der Waals surface area contributed by atoms with Crippen molar-refractivity contribution in [2.24, 2.45) is 0 Å². The van der Waals surface area contributed by atoms with E-state index in [-0.39, 0.29) is 11.3 Å². The number of hydrogen-bond acceptors (Lipinski definition) is 5. The van der Waals surface area contributed by atoms with Crippen molar-refractivity contribution < 1.29 is 14.4 Å². The lowest BCUT2D eigenvalue weighted by molar-refractivity contribution is 0.0699. The highest BCUT2D eigenvalue weighted by atomic mass is 32.1. The SMILES string of the molecule is CCCc1noc2nc(-c3cccs3)cc(C(=O)O)c12. The molecule has 0 aliphatic carbocycles. The van der Waals surface area contributed by atoms with Gasteiger partial charge in [0.15, 0.2) is 0 Å². The molecule has 0 aliphatic rings. The average Bonchev–Trinajstić information content (AvgIpc) is 3.07. The maximum atomic E-state index is 11.5. The van der Waals surface area contributed by atoms with Gasteiger partial charge in [0, 0.05) is 0 Å².